The second-order valence-electron chi connectivity index (χ2n) is 10.3. The molecule has 5 atom stereocenters. The monoisotopic (exact) mass is 517 g/mol. The Balaban J connectivity index is 1.23. The lowest BCUT2D eigenvalue weighted by atomic mass is 9.93. The fourth-order valence-corrected chi connectivity index (χ4v) is 7.03. The van der Waals surface area contributed by atoms with Crippen molar-refractivity contribution in [2.24, 2.45) is 11.8 Å². The van der Waals surface area contributed by atoms with Crippen molar-refractivity contribution in [3.8, 4) is 0 Å². The van der Waals surface area contributed by atoms with Gasteiger partial charge in [0.1, 0.15) is 6.04 Å². The smallest absolute Gasteiger partial charge is 0.243 e. The number of fused-ring (bicyclic) bond motifs is 1. The van der Waals surface area contributed by atoms with Crippen LogP contribution >= 0.6 is 34.8 Å². The van der Waals surface area contributed by atoms with Crippen LogP contribution in [0.15, 0.2) is 42.5 Å². The highest BCUT2D eigenvalue weighted by atomic mass is 35.5. The average molecular weight is 519 g/mol. The quantitative estimate of drug-likeness (QED) is 0.577. The zero-order valence-corrected chi connectivity index (χ0v) is 20.9. The maximum Gasteiger partial charge on any atom is 0.243 e. The average Bonchev–Trinajstić information content (AvgIpc) is 3.70. The number of rotatable bonds is 7. The zero-order valence-electron chi connectivity index (χ0n) is 18.6. The molecule has 4 bridgehead atoms. The molecule has 5 fully saturated rings. The summed E-state index contributed by atoms with van der Waals surface area (Å²) in [4.78, 5) is 29.6. The van der Waals surface area contributed by atoms with Crippen molar-refractivity contribution < 1.29 is 9.59 Å². The van der Waals surface area contributed by atoms with Gasteiger partial charge in [-0.25, -0.2) is 0 Å². The normalized spacial score (nSPS) is 30.4. The van der Waals surface area contributed by atoms with Gasteiger partial charge in [-0.1, -0.05) is 53.0 Å². The largest absolute Gasteiger partial charge is 0.347 e. The molecule has 0 radical (unpaired) electrons. The molecule has 2 aromatic rings. The lowest BCUT2D eigenvalue weighted by molar-refractivity contribution is -0.131. The van der Waals surface area contributed by atoms with Crippen molar-refractivity contribution in [1.82, 2.24) is 15.5 Å². The number of hydrogen-bond donors (Lipinski definition) is 2. The van der Waals surface area contributed by atoms with Gasteiger partial charge in [-0.05, 0) is 67.1 Å². The van der Waals surface area contributed by atoms with Gasteiger partial charge < -0.3 is 15.5 Å². The highest BCUT2D eigenvalue weighted by molar-refractivity contribution is 6.35. The first kappa shape index (κ1) is 22.7. The van der Waals surface area contributed by atoms with Crippen LogP contribution in [0.2, 0.25) is 15.1 Å². The Morgan fingerprint density at radius 1 is 1.03 bits per heavy atom. The molecule has 5 nitrogen and oxygen atoms in total. The summed E-state index contributed by atoms with van der Waals surface area (Å²) < 4.78 is 0. The Hall–Kier alpha value is -1.79. The van der Waals surface area contributed by atoms with Crippen molar-refractivity contribution in [2.75, 3.05) is 19.6 Å². The van der Waals surface area contributed by atoms with Gasteiger partial charge in [-0.3, -0.25) is 9.59 Å². The Morgan fingerprint density at radius 2 is 1.76 bits per heavy atom. The molecule has 2 aromatic carbocycles. The van der Waals surface area contributed by atoms with Crippen LogP contribution in [0.3, 0.4) is 0 Å². The van der Waals surface area contributed by atoms with Gasteiger partial charge >= 0.3 is 0 Å². The van der Waals surface area contributed by atoms with E-state index < -0.39 is 11.5 Å². The predicted molar refractivity (Wildman–Crippen MR) is 133 cm³/mol. The van der Waals surface area contributed by atoms with Crippen molar-refractivity contribution in [2.45, 2.75) is 42.7 Å². The fourth-order valence-electron chi connectivity index (χ4n) is 6.32. The van der Waals surface area contributed by atoms with E-state index in [1.54, 1.807) is 12.1 Å². The summed E-state index contributed by atoms with van der Waals surface area (Å²) in [5, 5.41) is 8.10. The van der Waals surface area contributed by atoms with E-state index in [4.69, 9.17) is 34.8 Å². The Kier molecular flexibility index (Phi) is 5.41. The lowest BCUT2D eigenvalue weighted by Crippen LogP contribution is -2.56. The topological polar surface area (TPSA) is 61.4 Å². The van der Waals surface area contributed by atoms with E-state index in [0.717, 1.165) is 37.2 Å². The third-order valence-electron chi connectivity index (χ3n) is 8.36. The standard InChI is InChI=1S/C26H26Cl3N3O2/c27-16-3-1-15(2-4-16)11-22(23(33)31-26-14-32-10-7-18(26)20(26)13-32)30-24(34)25(8-9-25)19-6-5-17(28)12-21(19)29/h1-6,12,18,20,22H,7-11,13-14H2,(H,30,34)(H,31,33)/t18?,20-,22+,26+/m1/s1. The zero-order chi connectivity index (χ0) is 23.7. The molecule has 2 amide bonds. The number of carbonyl (C=O) groups excluding carboxylic acids is 2. The first-order valence-electron chi connectivity index (χ1n) is 11.9. The van der Waals surface area contributed by atoms with E-state index in [1.165, 1.54) is 0 Å². The molecule has 2 unspecified atom stereocenters. The maximum absolute atomic E-state index is 13.6. The summed E-state index contributed by atoms with van der Waals surface area (Å²) in [5.74, 6) is 0.834. The highest BCUT2D eigenvalue weighted by Crippen LogP contribution is 2.60. The summed E-state index contributed by atoms with van der Waals surface area (Å²) in [6.07, 6.45) is 2.92. The van der Waals surface area contributed by atoms with Crippen LogP contribution in [0.1, 0.15) is 30.4 Å². The lowest BCUT2D eigenvalue weighted by Gasteiger charge is -2.31. The molecular weight excluding hydrogens is 493 g/mol. The van der Waals surface area contributed by atoms with Gasteiger partial charge in [0.2, 0.25) is 11.8 Å². The first-order chi connectivity index (χ1) is 16.3. The minimum Gasteiger partial charge on any atom is -0.347 e. The van der Waals surface area contributed by atoms with Gasteiger partial charge in [-0.15, -0.1) is 0 Å². The Labute approximate surface area is 214 Å². The first-order valence-corrected chi connectivity index (χ1v) is 13.0. The van der Waals surface area contributed by atoms with Gasteiger partial charge in [0.15, 0.2) is 0 Å². The van der Waals surface area contributed by atoms with Gasteiger partial charge in [-0.2, -0.15) is 0 Å². The number of hydrogen-bond acceptors (Lipinski definition) is 3. The third kappa shape index (κ3) is 3.72. The highest BCUT2D eigenvalue weighted by Gasteiger charge is 2.71. The number of carbonyl (C=O) groups is 2. The van der Waals surface area contributed by atoms with Crippen molar-refractivity contribution in [3.63, 3.8) is 0 Å². The van der Waals surface area contributed by atoms with E-state index in [0.29, 0.717) is 46.2 Å². The van der Waals surface area contributed by atoms with Crippen molar-refractivity contribution in [1.29, 1.82) is 0 Å². The van der Waals surface area contributed by atoms with E-state index in [-0.39, 0.29) is 17.4 Å². The summed E-state index contributed by atoms with van der Waals surface area (Å²) in [5.41, 5.74) is 0.887. The molecule has 8 heteroatoms. The molecule has 3 heterocycles. The SMILES string of the molecule is O=C(N[C@@]12CN3CCC1[C@H]2C3)[C@H](Cc1ccc(Cl)cc1)NC(=O)C1(c2ccc(Cl)cc2Cl)CC1. The van der Waals surface area contributed by atoms with Gasteiger partial charge in [0.05, 0.1) is 11.0 Å². The summed E-state index contributed by atoms with van der Waals surface area (Å²) in [7, 11) is 0. The fraction of sp³-hybridized carbons (Fsp3) is 0.462. The number of piperidine rings is 3. The Morgan fingerprint density at radius 3 is 2.35 bits per heavy atom. The Bertz CT molecular complexity index is 1160. The van der Waals surface area contributed by atoms with E-state index in [1.807, 2.05) is 30.3 Å². The minimum absolute atomic E-state index is 0.113. The molecule has 0 spiro atoms. The van der Waals surface area contributed by atoms with Crippen LogP contribution in [0, 0.1) is 11.8 Å². The summed E-state index contributed by atoms with van der Waals surface area (Å²) in [6, 6.07) is 12.0. The molecule has 2 aliphatic carbocycles. The van der Waals surface area contributed by atoms with Crippen LogP contribution in [0.4, 0.5) is 0 Å². The van der Waals surface area contributed by atoms with Crippen molar-refractivity contribution >= 4 is 46.6 Å². The number of halogens is 3. The second-order valence-corrected chi connectivity index (χ2v) is 11.6. The van der Waals surface area contributed by atoms with Crippen LogP contribution in [0.25, 0.3) is 0 Å². The molecule has 178 valence electrons. The molecule has 0 aromatic heterocycles. The molecule has 2 saturated carbocycles. The molecule has 5 aliphatic rings. The van der Waals surface area contributed by atoms with Gasteiger partial charge in [0.25, 0.3) is 0 Å². The van der Waals surface area contributed by atoms with E-state index in [2.05, 4.69) is 15.5 Å². The molecule has 3 saturated heterocycles. The minimum atomic E-state index is -0.710. The van der Waals surface area contributed by atoms with Crippen LogP contribution in [0.5, 0.6) is 0 Å². The predicted octanol–water partition coefficient (Wildman–Crippen LogP) is 4.23. The molecule has 7 rings (SSSR count). The molecule has 3 aliphatic heterocycles. The van der Waals surface area contributed by atoms with E-state index >= 15 is 0 Å². The number of nitrogens with zero attached hydrogens (tertiary/aromatic N) is 1. The van der Waals surface area contributed by atoms with Crippen LogP contribution in [-0.2, 0) is 21.4 Å². The van der Waals surface area contributed by atoms with E-state index in [9.17, 15) is 9.59 Å². The van der Waals surface area contributed by atoms with Crippen molar-refractivity contribution in [3.05, 3.63) is 68.7 Å². The van der Waals surface area contributed by atoms with Gasteiger partial charge in [0, 0.05) is 40.5 Å². The second kappa shape index (κ2) is 8.12. The van der Waals surface area contributed by atoms with Crippen LogP contribution in [-0.4, -0.2) is 47.9 Å². The molecule has 34 heavy (non-hydrogen) atoms. The number of benzene rings is 2. The third-order valence-corrected chi connectivity index (χ3v) is 9.16. The summed E-state index contributed by atoms with van der Waals surface area (Å²) >= 11 is 18.6. The van der Waals surface area contributed by atoms with Crippen LogP contribution < -0.4 is 10.6 Å². The molecular formula is C26H26Cl3N3O2. The molecule has 2 N–H and O–H groups in total. The maximum atomic E-state index is 13.6. The summed E-state index contributed by atoms with van der Waals surface area (Å²) in [6.45, 7) is 3.10. The number of amides is 2. The number of nitrogens with one attached hydrogen (secondary N) is 2.